The lowest BCUT2D eigenvalue weighted by Crippen LogP contribution is -2.61. The molecule has 0 bridgehead atoms. The van der Waals surface area contributed by atoms with Gasteiger partial charge in [-0.1, -0.05) is 11.6 Å². The van der Waals surface area contributed by atoms with Gasteiger partial charge in [-0.25, -0.2) is 0 Å². The van der Waals surface area contributed by atoms with Crippen LogP contribution in [0, 0.1) is 10.1 Å². The Morgan fingerprint density at radius 3 is 2.57 bits per heavy atom. The predicted octanol–water partition coefficient (Wildman–Crippen LogP) is 1.34. The molecule has 0 radical (unpaired) electrons. The van der Waals surface area contributed by atoms with Gasteiger partial charge >= 0.3 is 0 Å². The molecule has 1 N–H and O–H groups in total. The molecule has 1 aromatic carbocycles. The Morgan fingerprint density at radius 1 is 1.29 bits per heavy atom. The average molecular weight is 311 g/mol. The molecule has 0 atom stereocenters. The van der Waals surface area contributed by atoms with Gasteiger partial charge in [-0.05, 0) is 12.1 Å². The van der Waals surface area contributed by atoms with E-state index in [1.165, 1.54) is 6.07 Å². The first kappa shape index (κ1) is 14.7. The van der Waals surface area contributed by atoms with Crippen LogP contribution in [0.5, 0.6) is 0 Å². The minimum absolute atomic E-state index is 0.157. The van der Waals surface area contributed by atoms with E-state index >= 15 is 0 Å². The lowest BCUT2D eigenvalue weighted by molar-refractivity contribution is -0.385. The molecule has 2 fully saturated rings. The third-order valence-corrected chi connectivity index (χ3v) is 4.55. The van der Waals surface area contributed by atoms with Crippen molar-refractivity contribution in [2.24, 2.45) is 0 Å². The second-order valence-electron chi connectivity index (χ2n) is 5.65. The van der Waals surface area contributed by atoms with Crippen molar-refractivity contribution in [3.63, 3.8) is 0 Å². The zero-order valence-electron chi connectivity index (χ0n) is 11.8. The highest BCUT2D eigenvalue weighted by molar-refractivity contribution is 6.30. The van der Waals surface area contributed by atoms with Gasteiger partial charge in [0.15, 0.2) is 0 Å². The minimum atomic E-state index is -0.331. The third-order valence-electron chi connectivity index (χ3n) is 4.32. The number of hydrogen-bond donors (Lipinski definition) is 1. The SMILES string of the molecule is O=[N+]([O-])c1ccc(Cl)cc1CN1CCN(C2CNC2)CC1. The maximum absolute atomic E-state index is 11.1. The van der Waals surface area contributed by atoms with Crippen LogP contribution in [-0.2, 0) is 6.54 Å². The van der Waals surface area contributed by atoms with E-state index < -0.39 is 0 Å². The Labute approximate surface area is 128 Å². The maximum atomic E-state index is 11.1. The van der Waals surface area contributed by atoms with Crippen molar-refractivity contribution in [2.45, 2.75) is 12.6 Å². The molecule has 0 saturated carbocycles. The summed E-state index contributed by atoms with van der Waals surface area (Å²) in [6, 6.07) is 5.45. The van der Waals surface area contributed by atoms with Crippen molar-refractivity contribution in [3.8, 4) is 0 Å². The van der Waals surface area contributed by atoms with Gasteiger partial charge in [-0.2, -0.15) is 0 Å². The molecule has 0 aromatic heterocycles. The summed E-state index contributed by atoms with van der Waals surface area (Å²) in [4.78, 5) is 15.5. The molecule has 3 rings (SSSR count). The summed E-state index contributed by atoms with van der Waals surface area (Å²) < 4.78 is 0. The molecular weight excluding hydrogens is 292 g/mol. The molecule has 7 heteroatoms. The topological polar surface area (TPSA) is 61.7 Å². The Bertz CT molecular complexity index is 528. The Hall–Kier alpha value is -1.21. The van der Waals surface area contributed by atoms with Crippen LogP contribution in [0.4, 0.5) is 5.69 Å². The summed E-state index contributed by atoms with van der Waals surface area (Å²) in [6.07, 6.45) is 0. The molecule has 0 unspecified atom stereocenters. The van der Waals surface area contributed by atoms with Gasteiger partial charge in [0, 0.05) is 68.5 Å². The minimum Gasteiger partial charge on any atom is -0.314 e. The number of piperazine rings is 1. The highest BCUT2D eigenvalue weighted by Gasteiger charge is 2.28. The summed E-state index contributed by atoms with van der Waals surface area (Å²) in [5, 5.41) is 14.9. The van der Waals surface area contributed by atoms with Crippen molar-refractivity contribution in [2.75, 3.05) is 39.3 Å². The molecule has 6 nitrogen and oxygen atoms in total. The number of nitrogens with one attached hydrogen (secondary N) is 1. The van der Waals surface area contributed by atoms with Gasteiger partial charge in [0.05, 0.1) is 4.92 Å². The van der Waals surface area contributed by atoms with Crippen LogP contribution in [0.15, 0.2) is 18.2 Å². The van der Waals surface area contributed by atoms with Gasteiger partial charge in [0.25, 0.3) is 5.69 Å². The van der Waals surface area contributed by atoms with E-state index in [0.29, 0.717) is 23.2 Å². The maximum Gasteiger partial charge on any atom is 0.273 e. The number of nitro benzene ring substituents is 1. The Morgan fingerprint density at radius 2 is 2.00 bits per heavy atom. The monoisotopic (exact) mass is 310 g/mol. The molecular formula is C14H19ClN4O2. The normalized spacial score (nSPS) is 21.2. The Balaban J connectivity index is 1.62. The van der Waals surface area contributed by atoms with Crippen LogP contribution < -0.4 is 5.32 Å². The van der Waals surface area contributed by atoms with Crippen molar-refractivity contribution in [1.29, 1.82) is 0 Å². The van der Waals surface area contributed by atoms with Crippen LogP contribution >= 0.6 is 11.6 Å². The van der Waals surface area contributed by atoms with Gasteiger partial charge in [-0.3, -0.25) is 19.9 Å². The van der Waals surface area contributed by atoms with E-state index in [2.05, 4.69) is 15.1 Å². The zero-order valence-corrected chi connectivity index (χ0v) is 12.6. The molecule has 2 aliphatic heterocycles. The highest BCUT2D eigenvalue weighted by Crippen LogP contribution is 2.24. The second kappa shape index (κ2) is 6.27. The average Bonchev–Trinajstić information content (AvgIpc) is 2.38. The number of halogens is 1. The fourth-order valence-electron chi connectivity index (χ4n) is 2.92. The lowest BCUT2D eigenvalue weighted by atomic mass is 10.1. The second-order valence-corrected chi connectivity index (χ2v) is 6.09. The number of nitro groups is 1. The third kappa shape index (κ3) is 3.35. The van der Waals surface area contributed by atoms with Crippen LogP contribution in [-0.4, -0.2) is 60.0 Å². The van der Waals surface area contributed by atoms with Crippen molar-refractivity contribution < 1.29 is 4.92 Å². The number of nitrogens with zero attached hydrogens (tertiary/aromatic N) is 3. The molecule has 0 amide bonds. The molecule has 1 aromatic rings. The predicted molar refractivity (Wildman–Crippen MR) is 81.6 cm³/mol. The molecule has 2 aliphatic rings. The standard InChI is InChI=1S/C14H19ClN4O2/c15-12-1-2-14(19(20)21)11(7-12)10-17-3-5-18(6-4-17)13-8-16-9-13/h1-2,7,13,16H,3-6,8-10H2. The quantitative estimate of drug-likeness (QED) is 0.672. The first-order chi connectivity index (χ1) is 10.1. The number of rotatable bonds is 4. The summed E-state index contributed by atoms with van der Waals surface area (Å²) in [5.74, 6) is 0. The van der Waals surface area contributed by atoms with Crippen molar-refractivity contribution >= 4 is 17.3 Å². The fraction of sp³-hybridized carbons (Fsp3) is 0.571. The van der Waals surface area contributed by atoms with Gasteiger partial charge in [0.1, 0.15) is 0 Å². The van der Waals surface area contributed by atoms with Crippen LogP contribution in [0.25, 0.3) is 0 Å². The van der Waals surface area contributed by atoms with Crippen LogP contribution in [0.2, 0.25) is 5.02 Å². The summed E-state index contributed by atoms with van der Waals surface area (Å²) in [5.41, 5.74) is 0.858. The number of hydrogen-bond acceptors (Lipinski definition) is 5. The van der Waals surface area contributed by atoms with Crippen LogP contribution in [0.3, 0.4) is 0 Å². The largest absolute Gasteiger partial charge is 0.314 e. The molecule has 0 spiro atoms. The first-order valence-corrected chi connectivity index (χ1v) is 7.61. The van der Waals surface area contributed by atoms with Gasteiger partial charge < -0.3 is 5.32 Å². The van der Waals surface area contributed by atoms with E-state index in [0.717, 1.165) is 39.3 Å². The fourth-order valence-corrected chi connectivity index (χ4v) is 3.11. The summed E-state index contributed by atoms with van der Waals surface area (Å²) in [7, 11) is 0. The van der Waals surface area contributed by atoms with E-state index in [1.54, 1.807) is 12.1 Å². The molecule has 2 saturated heterocycles. The highest BCUT2D eigenvalue weighted by atomic mass is 35.5. The van der Waals surface area contributed by atoms with Gasteiger partial charge in [0.2, 0.25) is 0 Å². The molecule has 21 heavy (non-hydrogen) atoms. The smallest absolute Gasteiger partial charge is 0.273 e. The molecule has 114 valence electrons. The summed E-state index contributed by atoms with van der Waals surface area (Å²) in [6.45, 7) is 6.70. The van der Waals surface area contributed by atoms with E-state index in [4.69, 9.17) is 11.6 Å². The van der Waals surface area contributed by atoms with Gasteiger partial charge in [-0.15, -0.1) is 0 Å². The lowest BCUT2D eigenvalue weighted by Gasteiger charge is -2.43. The number of benzene rings is 1. The van der Waals surface area contributed by atoms with E-state index in [1.807, 2.05) is 0 Å². The van der Waals surface area contributed by atoms with Crippen molar-refractivity contribution in [3.05, 3.63) is 38.9 Å². The Kier molecular flexibility index (Phi) is 4.40. The molecule has 0 aliphatic carbocycles. The first-order valence-electron chi connectivity index (χ1n) is 7.23. The van der Waals surface area contributed by atoms with E-state index in [-0.39, 0.29) is 10.6 Å². The molecule has 2 heterocycles. The van der Waals surface area contributed by atoms with Crippen molar-refractivity contribution in [1.82, 2.24) is 15.1 Å². The van der Waals surface area contributed by atoms with E-state index in [9.17, 15) is 10.1 Å². The van der Waals surface area contributed by atoms with Crippen LogP contribution in [0.1, 0.15) is 5.56 Å². The summed E-state index contributed by atoms with van der Waals surface area (Å²) >= 11 is 5.97. The zero-order chi connectivity index (χ0) is 14.8.